The zero-order valence-electron chi connectivity index (χ0n) is 9.95. The highest BCUT2D eigenvalue weighted by molar-refractivity contribution is 5.64. The molecule has 1 unspecified atom stereocenters. The highest BCUT2D eigenvalue weighted by Crippen LogP contribution is 2.04. The van der Waals surface area contributed by atoms with Crippen molar-refractivity contribution in [1.29, 1.82) is 0 Å². The molecule has 0 fully saturated rings. The number of aryl methyl sites for hydroxylation is 1. The molecule has 0 aromatic heterocycles. The number of hydrogen-bond acceptors (Lipinski definition) is 2. The van der Waals surface area contributed by atoms with Gasteiger partial charge in [0.15, 0.2) is 0 Å². The van der Waals surface area contributed by atoms with Crippen LogP contribution in [0.15, 0.2) is 24.3 Å². The molecule has 1 aromatic rings. The number of hydrogen-bond donors (Lipinski definition) is 1. The Kier molecular flexibility index (Phi) is 4.99. The van der Waals surface area contributed by atoms with E-state index < -0.39 is 5.97 Å². The van der Waals surface area contributed by atoms with Crippen LogP contribution in [0.1, 0.15) is 24.0 Å². The van der Waals surface area contributed by atoms with Crippen LogP contribution in [0.25, 0.3) is 0 Å². The minimum Gasteiger partial charge on any atom is -0.550 e. The number of carboxylic acids is 1. The van der Waals surface area contributed by atoms with Crippen LogP contribution in [-0.2, 0) is 11.3 Å². The Morgan fingerprint density at radius 3 is 2.69 bits per heavy atom. The molecule has 0 heterocycles. The van der Waals surface area contributed by atoms with Crippen molar-refractivity contribution in [1.82, 2.24) is 0 Å². The quantitative estimate of drug-likeness (QED) is 0.706. The van der Waals surface area contributed by atoms with Gasteiger partial charge in [-0.2, -0.15) is 0 Å². The van der Waals surface area contributed by atoms with Gasteiger partial charge in [0.2, 0.25) is 0 Å². The van der Waals surface area contributed by atoms with Gasteiger partial charge in [0.25, 0.3) is 0 Å². The molecule has 88 valence electrons. The summed E-state index contributed by atoms with van der Waals surface area (Å²) in [6, 6.07) is 8.29. The third-order valence-electron chi connectivity index (χ3n) is 2.74. The van der Waals surface area contributed by atoms with Gasteiger partial charge in [0, 0.05) is 18.0 Å². The second kappa shape index (κ2) is 6.28. The Balaban J connectivity index is 2.37. The molecule has 0 amide bonds. The average Bonchev–Trinajstić information content (AvgIpc) is 2.21. The first kappa shape index (κ1) is 12.7. The number of carbonyl (C=O) groups excluding carboxylic acids is 1. The number of carboxylic acid groups (broad SMARTS) is 1. The SMILES string of the molecule is Cc1ccccc1C[NH+](C)CCCC(=O)[O-]. The van der Waals surface area contributed by atoms with Crippen LogP contribution in [0.5, 0.6) is 0 Å². The van der Waals surface area contributed by atoms with Gasteiger partial charge in [-0.05, 0) is 18.9 Å². The van der Waals surface area contributed by atoms with Crippen molar-refractivity contribution < 1.29 is 14.8 Å². The fraction of sp³-hybridized carbons (Fsp3) is 0.462. The van der Waals surface area contributed by atoms with Gasteiger partial charge in [0.05, 0.1) is 13.6 Å². The van der Waals surface area contributed by atoms with E-state index in [1.165, 1.54) is 16.0 Å². The Hall–Kier alpha value is -1.35. The molecule has 1 atom stereocenters. The summed E-state index contributed by atoms with van der Waals surface area (Å²) in [7, 11) is 2.09. The van der Waals surface area contributed by atoms with Crippen molar-refractivity contribution in [3.8, 4) is 0 Å². The average molecular weight is 221 g/mol. The largest absolute Gasteiger partial charge is 0.550 e. The van der Waals surface area contributed by atoms with Crippen LogP contribution >= 0.6 is 0 Å². The topological polar surface area (TPSA) is 44.6 Å². The van der Waals surface area contributed by atoms with E-state index in [-0.39, 0.29) is 6.42 Å². The zero-order chi connectivity index (χ0) is 12.0. The molecule has 3 nitrogen and oxygen atoms in total. The highest BCUT2D eigenvalue weighted by Gasteiger charge is 2.05. The summed E-state index contributed by atoms with van der Waals surface area (Å²) in [5.74, 6) is -0.955. The monoisotopic (exact) mass is 221 g/mol. The molecule has 1 N–H and O–H groups in total. The Labute approximate surface area is 96.7 Å². The molecule has 0 spiro atoms. The molecule has 16 heavy (non-hydrogen) atoms. The third-order valence-corrected chi connectivity index (χ3v) is 2.74. The highest BCUT2D eigenvalue weighted by atomic mass is 16.4. The molecule has 1 aromatic carbocycles. The van der Waals surface area contributed by atoms with E-state index in [0.717, 1.165) is 13.1 Å². The lowest BCUT2D eigenvalue weighted by Gasteiger charge is -2.15. The van der Waals surface area contributed by atoms with Crippen LogP contribution in [0.4, 0.5) is 0 Å². The summed E-state index contributed by atoms with van der Waals surface area (Å²) in [4.78, 5) is 11.6. The standard InChI is InChI=1S/C13H19NO2/c1-11-6-3-4-7-12(11)10-14(2)9-5-8-13(15)16/h3-4,6-7H,5,8-10H2,1-2H3,(H,15,16). The lowest BCUT2D eigenvalue weighted by molar-refractivity contribution is -0.894. The van der Waals surface area contributed by atoms with Crippen LogP contribution in [0.2, 0.25) is 0 Å². The first-order chi connectivity index (χ1) is 7.59. The number of benzene rings is 1. The van der Waals surface area contributed by atoms with Crippen molar-refractivity contribution in [3.63, 3.8) is 0 Å². The van der Waals surface area contributed by atoms with Gasteiger partial charge in [-0.15, -0.1) is 0 Å². The van der Waals surface area contributed by atoms with Gasteiger partial charge in [-0.1, -0.05) is 24.3 Å². The van der Waals surface area contributed by atoms with Crippen LogP contribution < -0.4 is 10.0 Å². The molecule has 0 aliphatic carbocycles. The maximum atomic E-state index is 10.3. The number of rotatable bonds is 6. The maximum absolute atomic E-state index is 10.3. The van der Waals surface area contributed by atoms with Gasteiger partial charge < -0.3 is 14.8 Å². The first-order valence-electron chi connectivity index (χ1n) is 5.65. The lowest BCUT2D eigenvalue weighted by Crippen LogP contribution is -3.07. The van der Waals surface area contributed by atoms with Crippen LogP contribution in [0, 0.1) is 6.92 Å². The predicted molar refractivity (Wildman–Crippen MR) is 60.9 cm³/mol. The normalized spacial score (nSPS) is 12.4. The summed E-state index contributed by atoms with van der Waals surface area (Å²) in [6.07, 6.45) is 0.838. The van der Waals surface area contributed by atoms with E-state index in [2.05, 4.69) is 26.1 Å². The number of aliphatic carboxylic acids is 1. The molecule has 0 saturated heterocycles. The van der Waals surface area contributed by atoms with E-state index in [1.807, 2.05) is 12.1 Å². The smallest absolute Gasteiger partial charge is 0.103 e. The Morgan fingerprint density at radius 1 is 1.38 bits per heavy atom. The van der Waals surface area contributed by atoms with E-state index in [9.17, 15) is 9.90 Å². The van der Waals surface area contributed by atoms with E-state index in [1.54, 1.807) is 0 Å². The van der Waals surface area contributed by atoms with Gasteiger partial charge in [-0.3, -0.25) is 0 Å². The molecule has 3 heteroatoms. The Morgan fingerprint density at radius 2 is 2.06 bits per heavy atom. The van der Waals surface area contributed by atoms with E-state index in [4.69, 9.17) is 0 Å². The summed E-state index contributed by atoms with van der Waals surface area (Å²) in [6.45, 7) is 3.91. The van der Waals surface area contributed by atoms with E-state index >= 15 is 0 Å². The maximum Gasteiger partial charge on any atom is 0.103 e. The van der Waals surface area contributed by atoms with Crippen molar-refractivity contribution in [3.05, 3.63) is 35.4 Å². The van der Waals surface area contributed by atoms with Crippen molar-refractivity contribution in [2.75, 3.05) is 13.6 Å². The fourth-order valence-electron chi connectivity index (χ4n) is 1.76. The van der Waals surface area contributed by atoms with Gasteiger partial charge in [-0.25, -0.2) is 0 Å². The zero-order valence-corrected chi connectivity index (χ0v) is 9.95. The number of carbonyl (C=O) groups is 1. The predicted octanol–water partition coefficient (Wildman–Crippen LogP) is -0.460. The molecule has 0 bridgehead atoms. The second-order valence-electron chi connectivity index (χ2n) is 4.29. The summed E-state index contributed by atoms with van der Waals surface area (Å²) < 4.78 is 0. The molecule has 0 aliphatic heterocycles. The molecular formula is C13H19NO2. The minimum atomic E-state index is -0.955. The number of quaternary nitrogens is 1. The molecule has 0 aliphatic rings. The first-order valence-corrected chi connectivity index (χ1v) is 5.65. The van der Waals surface area contributed by atoms with Gasteiger partial charge >= 0.3 is 0 Å². The lowest BCUT2D eigenvalue weighted by atomic mass is 10.1. The van der Waals surface area contributed by atoms with Crippen molar-refractivity contribution in [2.45, 2.75) is 26.3 Å². The van der Waals surface area contributed by atoms with E-state index in [0.29, 0.717) is 6.42 Å². The second-order valence-corrected chi connectivity index (χ2v) is 4.29. The molecule has 0 radical (unpaired) electrons. The van der Waals surface area contributed by atoms with Crippen molar-refractivity contribution >= 4 is 5.97 Å². The summed E-state index contributed by atoms with van der Waals surface area (Å²) >= 11 is 0. The molecule has 0 saturated carbocycles. The van der Waals surface area contributed by atoms with Crippen LogP contribution in [0.3, 0.4) is 0 Å². The molecule has 1 rings (SSSR count). The minimum absolute atomic E-state index is 0.158. The van der Waals surface area contributed by atoms with Crippen molar-refractivity contribution in [2.24, 2.45) is 0 Å². The van der Waals surface area contributed by atoms with Crippen LogP contribution in [-0.4, -0.2) is 19.6 Å². The summed E-state index contributed by atoms with van der Waals surface area (Å²) in [5, 5.41) is 10.3. The summed E-state index contributed by atoms with van der Waals surface area (Å²) in [5.41, 5.74) is 2.62. The Bertz CT molecular complexity index is 350. The number of nitrogens with one attached hydrogen (secondary N) is 1. The van der Waals surface area contributed by atoms with Gasteiger partial charge in [0.1, 0.15) is 6.54 Å². The third kappa shape index (κ3) is 4.45. The molecular weight excluding hydrogens is 202 g/mol. The fourth-order valence-corrected chi connectivity index (χ4v) is 1.76.